The third-order valence-corrected chi connectivity index (χ3v) is 2.83. The van der Waals surface area contributed by atoms with E-state index in [9.17, 15) is 4.79 Å². The molecule has 1 aliphatic heterocycles. The van der Waals surface area contributed by atoms with Gasteiger partial charge in [0.1, 0.15) is 0 Å². The van der Waals surface area contributed by atoms with Gasteiger partial charge in [-0.1, -0.05) is 19.9 Å². The van der Waals surface area contributed by atoms with Crippen molar-refractivity contribution < 1.29 is 4.79 Å². The molecule has 2 nitrogen and oxygen atoms in total. The fourth-order valence-corrected chi connectivity index (χ4v) is 1.90. The topological polar surface area (TPSA) is 20.3 Å². The zero-order chi connectivity index (χ0) is 10.6. The van der Waals surface area contributed by atoms with Gasteiger partial charge in [0.15, 0.2) is 0 Å². The molecule has 0 aromatic rings. The van der Waals surface area contributed by atoms with E-state index in [1.54, 1.807) is 0 Å². The van der Waals surface area contributed by atoms with E-state index in [-0.39, 0.29) is 0 Å². The molecular weight excluding hydrogens is 174 g/mol. The first-order valence-corrected chi connectivity index (χ1v) is 5.57. The molecule has 0 bridgehead atoms. The molecule has 0 aromatic carbocycles. The minimum Gasteiger partial charge on any atom is -0.336 e. The van der Waals surface area contributed by atoms with Crippen molar-refractivity contribution in [1.82, 2.24) is 4.90 Å². The lowest BCUT2D eigenvalue weighted by Crippen LogP contribution is -2.34. The SMILES string of the molecule is C=CC1CCCN1C(=O)CCC(C)C. The van der Waals surface area contributed by atoms with Crippen molar-refractivity contribution >= 4 is 5.91 Å². The molecule has 1 atom stereocenters. The molecule has 1 unspecified atom stereocenters. The summed E-state index contributed by atoms with van der Waals surface area (Å²) in [6.45, 7) is 9.01. The molecule has 0 N–H and O–H groups in total. The van der Waals surface area contributed by atoms with Crippen LogP contribution in [0.1, 0.15) is 39.5 Å². The summed E-state index contributed by atoms with van der Waals surface area (Å²) < 4.78 is 0. The fraction of sp³-hybridized carbons (Fsp3) is 0.750. The van der Waals surface area contributed by atoms with Crippen molar-refractivity contribution in [3.05, 3.63) is 12.7 Å². The second kappa shape index (κ2) is 5.18. The number of rotatable bonds is 4. The number of likely N-dealkylation sites (tertiary alicyclic amines) is 1. The van der Waals surface area contributed by atoms with Crippen LogP contribution < -0.4 is 0 Å². The highest BCUT2D eigenvalue weighted by atomic mass is 16.2. The van der Waals surface area contributed by atoms with Gasteiger partial charge in [-0.25, -0.2) is 0 Å². The summed E-state index contributed by atoms with van der Waals surface area (Å²) in [5, 5.41) is 0. The minimum absolute atomic E-state index is 0.301. The summed E-state index contributed by atoms with van der Waals surface area (Å²) in [6, 6.07) is 0.301. The maximum absolute atomic E-state index is 11.8. The average molecular weight is 195 g/mol. The molecule has 1 aliphatic rings. The van der Waals surface area contributed by atoms with E-state index in [1.807, 2.05) is 11.0 Å². The lowest BCUT2D eigenvalue weighted by atomic mass is 10.1. The van der Waals surface area contributed by atoms with E-state index in [1.165, 1.54) is 0 Å². The van der Waals surface area contributed by atoms with Gasteiger partial charge in [-0.15, -0.1) is 6.58 Å². The third-order valence-electron chi connectivity index (χ3n) is 2.83. The van der Waals surface area contributed by atoms with Crippen LogP contribution in [-0.2, 0) is 4.79 Å². The maximum Gasteiger partial charge on any atom is 0.223 e. The molecule has 1 heterocycles. The molecule has 0 aromatic heterocycles. The normalized spacial score (nSPS) is 21.6. The monoisotopic (exact) mass is 195 g/mol. The van der Waals surface area contributed by atoms with Gasteiger partial charge >= 0.3 is 0 Å². The lowest BCUT2D eigenvalue weighted by Gasteiger charge is -2.22. The van der Waals surface area contributed by atoms with Crippen molar-refractivity contribution in [3.8, 4) is 0 Å². The van der Waals surface area contributed by atoms with Gasteiger partial charge in [-0.3, -0.25) is 4.79 Å². The van der Waals surface area contributed by atoms with Crippen LogP contribution in [0.4, 0.5) is 0 Å². The van der Waals surface area contributed by atoms with Gasteiger partial charge in [-0.2, -0.15) is 0 Å². The van der Waals surface area contributed by atoms with Gasteiger partial charge in [-0.05, 0) is 25.2 Å². The molecule has 80 valence electrons. The van der Waals surface area contributed by atoms with Crippen molar-refractivity contribution in [1.29, 1.82) is 0 Å². The molecule has 1 saturated heterocycles. The van der Waals surface area contributed by atoms with Crippen LogP contribution in [0.2, 0.25) is 0 Å². The molecule has 0 radical (unpaired) electrons. The third kappa shape index (κ3) is 2.86. The molecule has 0 spiro atoms. The minimum atomic E-state index is 0.301. The summed E-state index contributed by atoms with van der Waals surface area (Å²) in [6.07, 6.45) is 5.82. The molecular formula is C12H21NO. The second-order valence-electron chi connectivity index (χ2n) is 4.46. The predicted octanol–water partition coefficient (Wildman–Crippen LogP) is 2.60. The van der Waals surface area contributed by atoms with E-state index in [0.29, 0.717) is 24.3 Å². The van der Waals surface area contributed by atoms with E-state index in [2.05, 4.69) is 20.4 Å². The molecule has 14 heavy (non-hydrogen) atoms. The average Bonchev–Trinajstić information content (AvgIpc) is 2.61. The Labute approximate surface area is 87.0 Å². The van der Waals surface area contributed by atoms with Crippen LogP contribution in [0.15, 0.2) is 12.7 Å². The number of nitrogens with zero attached hydrogens (tertiary/aromatic N) is 1. The lowest BCUT2D eigenvalue weighted by molar-refractivity contribution is -0.131. The zero-order valence-corrected chi connectivity index (χ0v) is 9.33. The van der Waals surface area contributed by atoms with Crippen molar-refractivity contribution in [2.75, 3.05) is 6.54 Å². The first kappa shape index (κ1) is 11.3. The summed E-state index contributed by atoms with van der Waals surface area (Å²) in [5.41, 5.74) is 0. The quantitative estimate of drug-likeness (QED) is 0.631. The molecule has 1 rings (SSSR count). The highest BCUT2D eigenvalue weighted by Crippen LogP contribution is 2.19. The van der Waals surface area contributed by atoms with Gasteiger partial charge in [0.05, 0.1) is 0 Å². The zero-order valence-electron chi connectivity index (χ0n) is 9.33. The Kier molecular flexibility index (Phi) is 4.18. The summed E-state index contributed by atoms with van der Waals surface area (Å²) in [4.78, 5) is 13.8. The molecule has 2 heteroatoms. The number of carbonyl (C=O) groups is 1. The molecule has 0 saturated carbocycles. The number of hydrogen-bond donors (Lipinski definition) is 0. The van der Waals surface area contributed by atoms with Crippen molar-refractivity contribution in [2.24, 2.45) is 5.92 Å². The largest absolute Gasteiger partial charge is 0.336 e. The molecule has 1 fully saturated rings. The van der Waals surface area contributed by atoms with E-state index in [4.69, 9.17) is 0 Å². The van der Waals surface area contributed by atoms with Crippen LogP contribution in [0.3, 0.4) is 0 Å². The van der Waals surface area contributed by atoms with Gasteiger partial charge in [0, 0.05) is 19.0 Å². The standard InChI is InChI=1S/C12H21NO/c1-4-11-6-5-9-13(11)12(14)8-7-10(2)3/h4,10-11H,1,5-9H2,2-3H3. The number of carbonyl (C=O) groups excluding carboxylic acids is 1. The van der Waals surface area contributed by atoms with Gasteiger partial charge in [0.2, 0.25) is 5.91 Å². The second-order valence-corrected chi connectivity index (χ2v) is 4.46. The smallest absolute Gasteiger partial charge is 0.223 e. The van der Waals surface area contributed by atoms with E-state index < -0.39 is 0 Å². The first-order valence-electron chi connectivity index (χ1n) is 5.57. The maximum atomic E-state index is 11.8. The highest BCUT2D eigenvalue weighted by molar-refractivity contribution is 5.77. The Morgan fingerprint density at radius 1 is 1.64 bits per heavy atom. The Morgan fingerprint density at radius 2 is 2.36 bits per heavy atom. The fourth-order valence-electron chi connectivity index (χ4n) is 1.90. The molecule has 0 aliphatic carbocycles. The summed E-state index contributed by atoms with van der Waals surface area (Å²) in [5.74, 6) is 0.921. The van der Waals surface area contributed by atoms with Crippen molar-refractivity contribution in [2.45, 2.75) is 45.6 Å². The van der Waals surface area contributed by atoms with Crippen LogP contribution in [0.5, 0.6) is 0 Å². The van der Waals surface area contributed by atoms with Crippen LogP contribution in [0, 0.1) is 5.92 Å². The van der Waals surface area contributed by atoms with Crippen LogP contribution in [-0.4, -0.2) is 23.4 Å². The summed E-state index contributed by atoms with van der Waals surface area (Å²) >= 11 is 0. The van der Waals surface area contributed by atoms with Crippen LogP contribution >= 0.6 is 0 Å². The number of hydrogen-bond acceptors (Lipinski definition) is 1. The van der Waals surface area contributed by atoms with Crippen LogP contribution in [0.25, 0.3) is 0 Å². The number of amides is 1. The Hall–Kier alpha value is -0.790. The predicted molar refractivity (Wildman–Crippen MR) is 59.0 cm³/mol. The Balaban J connectivity index is 2.39. The first-order chi connectivity index (χ1) is 6.65. The Bertz CT molecular complexity index is 210. The molecule has 1 amide bonds. The van der Waals surface area contributed by atoms with E-state index >= 15 is 0 Å². The highest BCUT2D eigenvalue weighted by Gasteiger charge is 2.25. The Morgan fingerprint density at radius 3 is 2.93 bits per heavy atom. The summed E-state index contributed by atoms with van der Waals surface area (Å²) in [7, 11) is 0. The van der Waals surface area contributed by atoms with Gasteiger partial charge < -0.3 is 4.90 Å². The van der Waals surface area contributed by atoms with Crippen molar-refractivity contribution in [3.63, 3.8) is 0 Å². The van der Waals surface area contributed by atoms with Gasteiger partial charge in [0.25, 0.3) is 0 Å². The van der Waals surface area contributed by atoms with E-state index in [0.717, 1.165) is 25.8 Å².